The number of hydrogen-bond donors (Lipinski definition) is 1. The zero-order chi connectivity index (χ0) is 15.4. The number of amides is 1. The normalized spacial score (nSPS) is 10.7. The Morgan fingerprint density at radius 3 is 2.81 bits per heavy atom. The van der Waals surface area contributed by atoms with Gasteiger partial charge in [0.2, 0.25) is 0 Å². The van der Waals surface area contributed by atoms with Crippen LogP contribution in [0, 0.1) is 5.82 Å². The summed E-state index contributed by atoms with van der Waals surface area (Å²) < 4.78 is 19.7. The van der Waals surface area contributed by atoms with Crippen molar-refractivity contribution in [1.29, 1.82) is 0 Å². The van der Waals surface area contributed by atoms with Gasteiger partial charge in [0.1, 0.15) is 17.8 Å². The van der Waals surface area contributed by atoms with E-state index in [1.165, 1.54) is 12.3 Å². The van der Waals surface area contributed by atoms with Crippen molar-refractivity contribution in [3.05, 3.63) is 57.7 Å². The molecule has 112 valence electrons. The molecule has 0 saturated heterocycles. The van der Waals surface area contributed by atoms with E-state index in [9.17, 15) is 9.18 Å². The van der Waals surface area contributed by atoms with E-state index in [2.05, 4.69) is 15.9 Å². The number of halogens is 2. The molecular weight excluding hydrogens is 339 g/mol. The summed E-state index contributed by atoms with van der Waals surface area (Å²) in [5, 5.41) is 0. The molecule has 2 aromatic rings. The maximum absolute atomic E-state index is 13.8. The maximum Gasteiger partial charge on any atom is 0.257 e. The van der Waals surface area contributed by atoms with Gasteiger partial charge in [0.05, 0.1) is 12.1 Å². The van der Waals surface area contributed by atoms with Crippen molar-refractivity contribution in [3.63, 3.8) is 0 Å². The van der Waals surface area contributed by atoms with Gasteiger partial charge in [-0.25, -0.2) is 4.39 Å². The molecule has 2 N–H and O–H groups in total. The molecule has 0 spiro atoms. The summed E-state index contributed by atoms with van der Waals surface area (Å²) in [5.41, 5.74) is 6.34. The zero-order valence-electron chi connectivity index (χ0n) is 11.6. The average molecular weight is 355 g/mol. The average Bonchev–Trinajstić information content (AvgIpc) is 2.96. The molecule has 0 atom stereocenters. The molecule has 0 saturated carbocycles. The van der Waals surface area contributed by atoms with E-state index in [1.807, 2.05) is 6.92 Å². The summed E-state index contributed by atoms with van der Waals surface area (Å²) in [7, 11) is 0. The predicted octanol–water partition coefficient (Wildman–Crippen LogP) is 3.30. The predicted molar refractivity (Wildman–Crippen MR) is 81.1 cm³/mol. The van der Waals surface area contributed by atoms with E-state index in [1.54, 1.807) is 23.1 Å². The number of benzene rings is 1. The zero-order valence-corrected chi connectivity index (χ0v) is 13.2. The number of hydrogen-bond acceptors (Lipinski definition) is 3. The highest BCUT2D eigenvalue weighted by Crippen LogP contribution is 2.19. The molecule has 1 amide bonds. The van der Waals surface area contributed by atoms with Gasteiger partial charge in [0.25, 0.3) is 5.91 Å². The van der Waals surface area contributed by atoms with Gasteiger partial charge in [0, 0.05) is 23.1 Å². The fraction of sp³-hybridized carbons (Fsp3) is 0.267. The van der Waals surface area contributed by atoms with Crippen molar-refractivity contribution in [2.45, 2.75) is 20.0 Å². The fourth-order valence-electron chi connectivity index (χ4n) is 1.98. The standard InChI is InChI=1S/C15H16BrFN2O2/c1-2-19(8-10-5-12(16)3-4-14(10)17)15(20)11-6-13(7-18)21-9-11/h3-6,9H,2,7-8,18H2,1H3. The Morgan fingerprint density at radius 2 is 2.19 bits per heavy atom. The van der Waals surface area contributed by atoms with Crippen LogP contribution in [0.25, 0.3) is 0 Å². The number of nitrogens with two attached hydrogens (primary N) is 1. The number of rotatable bonds is 5. The Hall–Kier alpha value is -1.66. The van der Waals surface area contributed by atoms with E-state index in [-0.39, 0.29) is 24.8 Å². The van der Waals surface area contributed by atoms with Gasteiger partial charge < -0.3 is 15.1 Å². The van der Waals surface area contributed by atoms with Crippen LogP contribution >= 0.6 is 15.9 Å². The number of carbonyl (C=O) groups is 1. The second-order valence-electron chi connectivity index (χ2n) is 4.56. The van der Waals surface area contributed by atoms with Crippen LogP contribution in [0.15, 0.2) is 39.4 Å². The first kappa shape index (κ1) is 15.7. The second-order valence-corrected chi connectivity index (χ2v) is 5.48. The largest absolute Gasteiger partial charge is 0.467 e. The minimum atomic E-state index is -0.334. The van der Waals surface area contributed by atoms with Crippen molar-refractivity contribution in [1.82, 2.24) is 4.90 Å². The third kappa shape index (κ3) is 3.71. The molecule has 21 heavy (non-hydrogen) atoms. The van der Waals surface area contributed by atoms with Crippen LogP contribution in [0.1, 0.15) is 28.6 Å². The number of nitrogens with zero attached hydrogens (tertiary/aromatic N) is 1. The molecular formula is C15H16BrFN2O2. The minimum absolute atomic E-state index is 0.198. The lowest BCUT2D eigenvalue weighted by Gasteiger charge is -2.20. The highest BCUT2D eigenvalue weighted by molar-refractivity contribution is 9.10. The van der Waals surface area contributed by atoms with Crippen LogP contribution < -0.4 is 5.73 Å². The van der Waals surface area contributed by atoms with E-state index in [0.29, 0.717) is 23.4 Å². The Bertz CT molecular complexity index is 642. The topological polar surface area (TPSA) is 59.5 Å². The van der Waals surface area contributed by atoms with E-state index in [0.717, 1.165) is 4.47 Å². The molecule has 0 aliphatic heterocycles. The van der Waals surface area contributed by atoms with E-state index in [4.69, 9.17) is 10.2 Å². The van der Waals surface area contributed by atoms with Gasteiger partial charge in [-0.1, -0.05) is 15.9 Å². The van der Waals surface area contributed by atoms with Crippen LogP contribution in [0.4, 0.5) is 4.39 Å². The van der Waals surface area contributed by atoms with E-state index < -0.39 is 0 Å². The summed E-state index contributed by atoms with van der Waals surface area (Å²) >= 11 is 3.30. The third-order valence-electron chi connectivity index (χ3n) is 3.14. The number of carbonyl (C=O) groups excluding carboxylic acids is 1. The molecule has 1 aromatic carbocycles. The summed E-state index contributed by atoms with van der Waals surface area (Å²) in [6, 6.07) is 6.29. The van der Waals surface area contributed by atoms with Crippen LogP contribution in [0.5, 0.6) is 0 Å². The molecule has 2 rings (SSSR count). The lowest BCUT2D eigenvalue weighted by atomic mass is 10.2. The minimum Gasteiger partial charge on any atom is -0.467 e. The Labute approximate surface area is 130 Å². The molecule has 4 nitrogen and oxygen atoms in total. The van der Waals surface area contributed by atoms with E-state index >= 15 is 0 Å². The quantitative estimate of drug-likeness (QED) is 0.895. The van der Waals surface area contributed by atoms with Gasteiger partial charge in [-0.15, -0.1) is 0 Å². The Morgan fingerprint density at radius 1 is 1.43 bits per heavy atom. The monoisotopic (exact) mass is 354 g/mol. The first-order chi connectivity index (χ1) is 10.0. The fourth-order valence-corrected chi connectivity index (χ4v) is 2.39. The summed E-state index contributed by atoms with van der Waals surface area (Å²) in [6.45, 7) is 2.75. The number of furan rings is 1. The smallest absolute Gasteiger partial charge is 0.257 e. The summed E-state index contributed by atoms with van der Waals surface area (Å²) in [6.07, 6.45) is 1.38. The molecule has 1 heterocycles. The molecule has 0 aliphatic carbocycles. The molecule has 0 aliphatic rings. The van der Waals surface area contributed by atoms with Crippen LogP contribution in [-0.4, -0.2) is 17.4 Å². The first-order valence-corrected chi connectivity index (χ1v) is 7.35. The molecule has 0 bridgehead atoms. The highest BCUT2D eigenvalue weighted by atomic mass is 79.9. The van der Waals surface area contributed by atoms with Crippen molar-refractivity contribution < 1.29 is 13.6 Å². The first-order valence-electron chi connectivity index (χ1n) is 6.55. The lowest BCUT2D eigenvalue weighted by Crippen LogP contribution is -2.30. The van der Waals surface area contributed by atoms with Crippen LogP contribution in [-0.2, 0) is 13.1 Å². The van der Waals surface area contributed by atoms with Gasteiger partial charge in [-0.3, -0.25) is 4.79 Å². The van der Waals surface area contributed by atoms with Crippen molar-refractivity contribution in [3.8, 4) is 0 Å². The second kappa shape index (κ2) is 6.87. The SMILES string of the molecule is CCN(Cc1cc(Br)ccc1F)C(=O)c1coc(CN)c1. The van der Waals surface area contributed by atoms with Crippen molar-refractivity contribution in [2.75, 3.05) is 6.54 Å². The van der Waals surface area contributed by atoms with Gasteiger partial charge >= 0.3 is 0 Å². The molecule has 0 radical (unpaired) electrons. The summed E-state index contributed by atoms with van der Waals surface area (Å²) in [5.74, 6) is 0.00246. The van der Waals surface area contributed by atoms with Gasteiger partial charge in [-0.2, -0.15) is 0 Å². The molecule has 1 aromatic heterocycles. The Balaban J connectivity index is 2.19. The maximum atomic E-state index is 13.8. The van der Waals surface area contributed by atoms with Crippen molar-refractivity contribution >= 4 is 21.8 Å². The van der Waals surface area contributed by atoms with Gasteiger partial charge in [0.15, 0.2) is 0 Å². The Kier molecular flexibility index (Phi) is 5.14. The molecule has 6 heteroatoms. The summed E-state index contributed by atoms with van der Waals surface area (Å²) in [4.78, 5) is 13.9. The third-order valence-corrected chi connectivity index (χ3v) is 3.63. The molecule has 0 unspecified atom stereocenters. The lowest BCUT2D eigenvalue weighted by molar-refractivity contribution is 0.0750. The molecule has 0 fully saturated rings. The van der Waals surface area contributed by atoms with Crippen molar-refractivity contribution in [2.24, 2.45) is 5.73 Å². The van der Waals surface area contributed by atoms with Gasteiger partial charge in [-0.05, 0) is 31.2 Å². The van der Waals surface area contributed by atoms with Crippen LogP contribution in [0.3, 0.4) is 0 Å². The van der Waals surface area contributed by atoms with Crippen LogP contribution in [0.2, 0.25) is 0 Å². The highest BCUT2D eigenvalue weighted by Gasteiger charge is 2.18.